The van der Waals surface area contributed by atoms with Crippen molar-refractivity contribution in [1.29, 1.82) is 0 Å². The molecule has 1 unspecified atom stereocenters. The highest BCUT2D eigenvalue weighted by Crippen LogP contribution is 2.35. The van der Waals surface area contributed by atoms with Gasteiger partial charge in [0.2, 0.25) is 11.7 Å². The first-order chi connectivity index (χ1) is 17.4. The lowest BCUT2D eigenvalue weighted by Gasteiger charge is -2.14. The fourth-order valence-electron chi connectivity index (χ4n) is 3.12. The zero-order valence-corrected chi connectivity index (χ0v) is 20.6. The van der Waals surface area contributed by atoms with Crippen LogP contribution in [0.25, 0.3) is 11.3 Å². The summed E-state index contributed by atoms with van der Waals surface area (Å²) in [4.78, 5) is 12.5. The first-order valence-electron chi connectivity index (χ1n) is 10.3. The summed E-state index contributed by atoms with van der Waals surface area (Å²) in [5, 5.41) is 0.489. The third-order valence-corrected chi connectivity index (χ3v) is 6.46. The van der Waals surface area contributed by atoms with Crippen LogP contribution in [-0.2, 0) is 16.7 Å². The number of hydrogen-bond donors (Lipinski definition) is 1. The molecule has 4 rings (SSSR count). The van der Waals surface area contributed by atoms with Crippen molar-refractivity contribution in [3.8, 4) is 28.6 Å². The summed E-state index contributed by atoms with van der Waals surface area (Å²) in [7, 11) is -0.434. The summed E-state index contributed by atoms with van der Waals surface area (Å²) in [6.45, 7) is 0. The number of nitrogens with one attached hydrogen (secondary N) is 1. The molecule has 0 saturated heterocycles. The van der Waals surface area contributed by atoms with Gasteiger partial charge in [-0.15, -0.1) is 0 Å². The topological polar surface area (TPSA) is 86.2 Å². The molecule has 1 N–H and O–H groups in total. The molecule has 7 nitrogen and oxygen atoms in total. The second-order valence-electron chi connectivity index (χ2n) is 7.19. The maximum atomic E-state index is 14.9. The number of aromatic nitrogens is 3. The van der Waals surface area contributed by atoms with Crippen LogP contribution in [0.4, 0.5) is 18.9 Å². The van der Waals surface area contributed by atoms with Crippen molar-refractivity contribution in [2.24, 2.45) is 0 Å². The van der Waals surface area contributed by atoms with Crippen LogP contribution in [0.5, 0.6) is 17.4 Å². The maximum absolute atomic E-state index is 14.9. The number of ether oxygens (including phenoxy) is 2. The Morgan fingerprint density at radius 1 is 1.03 bits per heavy atom. The van der Waals surface area contributed by atoms with Gasteiger partial charge in [-0.25, -0.2) is 27.9 Å². The second kappa shape index (κ2) is 11.4. The highest BCUT2D eigenvalue weighted by molar-refractivity contribution is 7.98. The molecule has 36 heavy (non-hydrogen) atoms. The fraction of sp³-hybridized carbons (Fsp3) is 0.125. The Morgan fingerprint density at radius 2 is 1.81 bits per heavy atom. The summed E-state index contributed by atoms with van der Waals surface area (Å²) < 4.78 is 69.6. The van der Waals surface area contributed by atoms with Crippen LogP contribution in [0, 0.1) is 17.5 Å². The van der Waals surface area contributed by atoms with Crippen molar-refractivity contribution in [3.63, 3.8) is 0 Å². The SMILES string of the molecule is COc1ccc(CS(=O)Nc2c(F)cc(Oc3ncccc3-c3ccnc(SC)n3)c(F)c2F)cc1. The van der Waals surface area contributed by atoms with Gasteiger partial charge in [0.1, 0.15) is 22.4 Å². The minimum absolute atomic E-state index is 0.0724. The number of hydrogen-bond acceptors (Lipinski definition) is 7. The third kappa shape index (κ3) is 5.77. The molecule has 1 atom stereocenters. The van der Waals surface area contributed by atoms with E-state index in [9.17, 15) is 17.4 Å². The molecule has 2 aromatic carbocycles. The summed E-state index contributed by atoms with van der Waals surface area (Å²) >= 11 is 1.32. The van der Waals surface area contributed by atoms with Crippen molar-refractivity contribution in [2.75, 3.05) is 18.1 Å². The molecule has 2 aromatic heterocycles. The number of rotatable bonds is 9. The molecule has 12 heteroatoms. The fourth-order valence-corrected chi connectivity index (χ4v) is 4.46. The van der Waals surface area contributed by atoms with Gasteiger partial charge in [0, 0.05) is 18.5 Å². The molecular weight excluding hydrogens is 513 g/mol. The summed E-state index contributed by atoms with van der Waals surface area (Å²) in [5.74, 6) is -4.53. The van der Waals surface area contributed by atoms with Gasteiger partial charge in [0.15, 0.2) is 22.5 Å². The Labute approximate surface area is 211 Å². The Balaban J connectivity index is 1.57. The van der Waals surface area contributed by atoms with Gasteiger partial charge in [-0.05, 0) is 42.2 Å². The van der Waals surface area contributed by atoms with Crippen LogP contribution >= 0.6 is 11.8 Å². The second-order valence-corrected chi connectivity index (χ2v) is 9.14. The van der Waals surface area contributed by atoms with Gasteiger partial charge in [0.25, 0.3) is 0 Å². The van der Waals surface area contributed by atoms with Gasteiger partial charge in [0.05, 0.1) is 24.1 Å². The van der Waals surface area contributed by atoms with Crippen LogP contribution < -0.4 is 14.2 Å². The summed E-state index contributed by atoms with van der Waals surface area (Å²) in [6, 6.07) is 12.1. The maximum Gasteiger partial charge on any atom is 0.228 e. The number of halogens is 3. The smallest absolute Gasteiger partial charge is 0.228 e. The standard InChI is InChI=1S/C24H19F3N4O3S2/c1-33-15-7-5-14(6-8-15)13-36(32)31-22-17(25)12-19(20(26)21(22)27)34-23-16(4-3-10-28-23)18-9-11-29-24(30-18)35-2/h3-12,31H,13H2,1-2H3. The van der Waals surface area contributed by atoms with E-state index in [2.05, 4.69) is 19.7 Å². The Bertz CT molecular complexity index is 1410. The van der Waals surface area contributed by atoms with E-state index in [4.69, 9.17) is 9.47 Å². The largest absolute Gasteiger partial charge is 0.497 e. The first kappa shape index (κ1) is 25.5. The lowest BCUT2D eigenvalue weighted by atomic mass is 10.2. The van der Waals surface area contributed by atoms with E-state index >= 15 is 0 Å². The molecule has 0 radical (unpaired) electrons. The number of methoxy groups -OCH3 is 1. The predicted molar refractivity (Wildman–Crippen MR) is 132 cm³/mol. The van der Waals surface area contributed by atoms with Crippen LogP contribution in [0.15, 0.2) is 66.1 Å². The number of nitrogens with zero attached hydrogens (tertiary/aromatic N) is 3. The summed E-state index contributed by atoms with van der Waals surface area (Å²) in [5.41, 5.74) is 0.567. The minimum Gasteiger partial charge on any atom is -0.497 e. The molecule has 0 saturated carbocycles. The number of benzene rings is 2. The van der Waals surface area contributed by atoms with E-state index in [-0.39, 0.29) is 11.6 Å². The molecular formula is C24H19F3N4O3S2. The Hall–Kier alpha value is -3.64. The van der Waals surface area contributed by atoms with Gasteiger partial charge >= 0.3 is 0 Å². The van der Waals surface area contributed by atoms with E-state index in [1.54, 1.807) is 48.7 Å². The number of thioether (sulfide) groups is 1. The van der Waals surface area contributed by atoms with Crippen molar-refractivity contribution in [2.45, 2.75) is 10.9 Å². The molecule has 0 aliphatic heterocycles. The Morgan fingerprint density at radius 3 is 2.53 bits per heavy atom. The van der Waals surface area contributed by atoms with E-state index in [0.29, 0.717) is 33.8 Å². The van der Waals surface area contributed by atoms with Crippen LogP contribution in [0.3, 0.4) is 0 Å². The average Bonchev–Trinajstić information content (AvgIpc) is 2.90. The Kier molecular flexibility index (Phi) is 8.06. The van der Waals surface area contributed by atoms with E-state index < -0.39 is 39.9 Å². The lowest BCUT2D eigenvalue weighted by molar-refractivity contribution is 0.401. The normalized spacial score (nSPS) is 11.7. The molecule has 186 valence electrons. The van der Waals surface area contributed by atoms with Crippen molar-refractivity contribution >= 4 is 28.4 Å². The van der Waals surface area contributed by atoms with Crippen LogP contribution in [-0.4, -0.2) is 32.5 Å². The summed E-state index contributed by atoms with van der Waals surface area (Å²) in [6.07, 6.45) is 4.73. The molecule has 0 aliphatic carbocycles. The van der Waals surface area contributed by atoms with Gasteiger partial charge in [-0.3, -0.25) is 4.72 Å². The van der Waals surface area contributed by atoms with E-state index in [0.717, 1.165) is 0 Å². The monoisotopic (exact) mass is 532 g/mol. The highest BCUT2D eigenvalue weighted by Gasteiger charge is 2.23. The predicted octanol–water partition coefficient (Wildman–Crippen LogP) is 5.75. The van der Waals surface area contributed by atoms with E-state index in [1.807, 2.05) is 0 Å². The molecule has 0 spiro atoms. The van der Waals surface area contributed by atoms with Crippen molar-refractivity contribution in [3.05, 3.63) is 83.9 Å². The third-order valence-electron chi connectivity index (χ3n) is 4.87. The van der Waals surface area contributed by atoms with Crippen LogP contribution in [0.1, 0.15) is 5.56 Å². The first-order valence-corrected chi connectivity index (χ1v) is 12.9. The zero-order chi connectivity index (χ0) is 25.7. The molecule has 0 aliphatic rings. The van der Waals surface area contributed by atoms with Gasteiger partial charge < -0.3 is 9.47 Å². The molecule has 2 heterocycles. The van der Waals surface area contributed by atoms with Crippen molar-refractivity contribution in [1.82, 2.24) is 15.0 Å². The van der Waals surface area contributed by atoms with Gasteiger partial charge in [-0.1, -0.05) is 23.9 Å². The molecule has 4 aromatic rings. The number of pyridine rings is 1. The van der Waals surface area contributed by atoms with Crippen LogP contribution in [0.2, 0.25) is 0 Å². The quantitative estimate of drug-likeness (QED) is 0.167. The molecule has 0 bridgehead atoms. The average molecular weight is 533 g/mol. The van der Waals surface area contributed by atoms with Crippen molar-refractivity contribution < 1.29 is 26.9 Å². The zero-order valence-electron chi connectivity index (χ0n) is 19.0. The van der Waals surface area contributed by atoms with E-state index in [1.165, 1.54) is 31.3 Å². The lowest BCUT2D eigenvalue weighted by Crippen LogP contribution is -2.11. The number of anilines is 1. The van der Waals surface area contributed by atoms with Gasteiger partial charge in [-0.2, -0.15) is 4.39 Å². The highest BCUT2D eigenvalue weighted by atomic mass is 32.2. The molecule has 0 fully saturated rings. The molecule has 0 amide bonds. The minimum atomic E-state index is -1.94.